The molecule has 1 atom stereocenters. The Hall–Kier alpha value is -1.81. The van der Waals surface area contributed by atoms with Crippen LogP contribution in [0.5, 0.6) is 5.75 Å². The minimum Gasteiger partial charge on any atom is -0.483 e. The van der Waals surface area contributed by atoms with Crippen molar-refractivity contribution in [3.63, 3.8) is 0 Å². The summed E-state index contributed by atoms with van der Waals surface area (Å²) in [6.45, 7) is 6.25. The van der Waals surface area contributed by atoms with Crippen molar-refractivity contribution in [3.8, 4) is 5.75 Å². The van der Waals surface area contributed by atoms with Gasteiger partial charge in [-0.3, -0.25) is 4.79 Å². The van der Waals surface area contributed by atoms with Crippen molar-refractivity contribution in [2.24, 2.45) is 0 Å². The zero-order valence-corrected chi connectivity index (χ0v) is 12.5. The van der Waals surface area contributed by atoms with E-state index in [0.717, 1.165) is 5.56 Å². The number of hydrogen-bond acceptors (Lipinski definition) is 3. The molecular formula is C15H17ClN2O2. The molecule has 0 aliphatic carbocycles. The van der Waals surface area contributed by atoms with E-state index < -0.39 is 0 Å². The van der Waals surface area contributed by atoms with Crippen molar-refractivity contribution < 1.29 is 4.74 Å². The summed E-state index contributed by atoms with van der Waals surface area (Å²) in [5.74, 6) is 0.314. The summed E-state index contributed by atoms with van der Waals surface area (Å²) < 4.78 is 7.04. The molecule has 106 valence electrons. The van der Waals surface area contributed by atoms with Gasteiger partial charge in [-0.25, -0.2) is 4.68 Å². The minimum absolute atomic E-state index is 0.0702. The SMILES string of the molecule is CCn1ncc(OC(C)c2ccc(C)cc2)c(Cl)c1=O. The van der Waals surface area contributed by atoms with Crippen LogP contribution >= 0.6 is 11.6 Å². The van der Waals surface area contributed by atoms with Crippen LogP contribution in [0.2, 0.25) is 5.02 Å². The Kier molecular flexibility index (Phi) is 4.45. The maximum absolute atomic E-state index is 11.9. The predicted octanol–water partition coefficient (Wildman–Crippen LogP) is 3.37. The molecule has 0 fully saturated rings. The highest BCUT2D eigenvalue weighted by atomic mass is 35.5. The van der Waals surface area contributed by atoms with E-state index in [2.05, 4.69) is 5.10 Å². The number of ether oxygens (including phenoxy) is 1. The lowest BCUT2D eigenvalue weighted by Gasteiger charge is -2.16. The van der Waals surface area contributed by atoms with Gasteiger partial charge in [0.2, 0.25) is 0 Å². The average Bonchev–Trinajstić information content (AvgIpc) is 2.45. The van der Waals surface area contributed by atoms with Gasteiger partial charge in [-0.2, -0.15) is 5.10 Å². The van der Waals surface area contributed by atoms with Crippen molar-refractivity contribution in [1.29, 1.82) is 0 Å². The van der Waals surface area contributed by atoms with Crippen LogP contribution in [-0.2, 0) is 6.54 Å². The van der Waals surface area contributed by atoms with Crippen LogP contribution in [0.3, 0.4) is 0 Å². The van der Waals surface area contributed by atoms with E-state index in [1.54, 1.807) is 0 Å². The third-order valence-corrected chi connectivity index (χ3v) is 3.45. The quantitative estimate of drug-likeness (QED) is 0.868. The summed E-state index contributed by atoms with van der Waals surface area (Å²) in [5, 5.41) is 4.08. The number of aromatic nitrogens is 2. The number of aryl methyl sites for hydroxylation is 2. The van der Waals surface area contributed by atoms with Crippen LogP contribution in [0.1, 0.15) is 31.1 Å². The fraction of sp³-hybridized carbons (Fsp3) is 0.333. The maximum Gasteiger partial charge on any atom is 0.289 e. The number of benzene rings is 1. The van der Waals surface area contributed by atoms with Crippen molar-refractivity contribution in [2.75, 3.05) is 0 Å². The summed E-state index contributed by atoms with van der Waals surface area (Å²) in [6.07, 6.45) is 1.28. The van der Waals surface area contributed by atoms with E-state index in [-0.39, 0.29) is 16.7 Å². The van der Waals surface area contributed by atoms with E-state index in [4.69, 9.17) is 16.3 Å². The second-order valence-corrected chi connectivity index (χ2v) is 4.99. The van der Waals surface area contributed by atoms with Gasteiger partial charge in [-0.05, 0) is 26.3 Å². The van der Waals surface area contributed by atoms with Gasteiger partial charge in [0.25, 0.3) is 5.56 Å². The molecule has 1 aromatic carbocycles. The Morgan fingerprint density at radius 1 is 1.35 bits per heavy atom. The van der Waals surface area contributed by atoms with Gasteiger partial charge in [-0.1, -0.05) is 41.4 Å². The van der Waals surface area contributed by atoms with Crippen molar-refractivity contribution in [2.45, 2.75) is 33.4 Å². The number of hydrogen-bond donors (Lipinski definition) is 0. The Bertz CT molecular complexity index is 650. The molecule has 0 saturated heterocycles. The highest BCUT2D eigenvalue weighted by Crippen LogP contribution is 2.25. The van der Waals surface area contributed by atoms with E-state index in [9.17, 15) is 4.79 Å². The summed E-state index contributed by atoms with van der Waals surface area (Å²) in [6, 6.07) is 8.03. The molecule has 1 aromatic heterocycles. The first-order valence-corrected chi connectivity index (χ1v) is 6.89. The first-order chi connectivity index (χ1) is 9.52. The fourth-order valence-corrected chi connectivity index (χ4v) is 2.04. The number of rotatable bonds is 4. The van der Waals surface area contributed by atoms with Gasteiger partial charge < -0.3 is 4.74 Å². The van der Waals surface area contributed by atoms with Crippen LogP contribution in [0.4, 0.5) is 0 Å². The summed E-state index contributed by atoms with van der Waals surface area (Å²) in [5.41, 5.74) is 1.88. The average molecular weight is 293 g/mol. The Labute approximate surface area is 123 Å². The summed E-state index contributed by atoms with van der Waals surface area (Å²) >= 11 is 6.04. The first kappa shape index (κ1) is 14.6. The molecule has 0 N–H and O–H groups in total. The molecular weight excluding hydrogens is 276 g/mol. The molecule has 0 saturated carbocycles. The monoisotopic (exact) mass is 292 g/mol. The minimum atomic E-state index is -0.331. The van der Waals surface area contributed by atoms with Crippen LogP contribution < -0.4 is 10.3 Å². The largest absolute Gasteiger partial charge is 0.483 e. The fourth-order valence-electron chi connectivity index (χ4n) is 1.85. The molecule has 0 amide bonds. The topological polar surface area (TPSA) is 44.1 Å². The molecule has 1 unspecified atom stereocenters. The first-order valence-electron chi connectivity index (χ1n) is 6.51. The molecule has 20 heavy (non-hydrogen) atoms. The van der Waals surface area contributed by atoms with Crippen molar-refractivity contribution >= 4 is 11.6 Å². The number of halogens is 1. The lowest BCUT2D eigenvalue weighted by atomic mass is 10.1. The molecule has 2 rings (SSSR count). The molecule has 0 spiro atoms. The van der Waals surface area contributed by atoms with Gasteiger partial charge >= 0.3 is 0 Å². The van der Waals surface area contributed by atoms with Gasteiger partial charge in [0, 0.05) is 6.54 Å². The third-order valence-electron chi connectivity index (χ3n) is 3.10. The highest BCUT2D eigenvalue weighted by molar-refractivity contribution is 6.31. The highest BCUT2D eigenvalue weighted by Gasteiger charge is 2.13. The van der Waals surface area contributed by atoms with E-state index in [1.807, 2.05) is 45.0 Å². The number of nitrogens with zero attached hydrogens (tertiary/aromatic N) is 2. The van der Waals surface area contributed by atoms with Crippen molar-refractivity contribution in [3.05, 3.63) is 57.0 Å². The molecule has 1 heterocycles. The Morgan fingerprint density at radius 3 is 2.60 bits per heavy atom. The van der Waals surface area contributed by atoms with E-state index in [0.29, 0.717) is 12.3 Å². The lowest BCUT2D eigenvalue weighted by molar-refractivity contribution is 0.224. The standard InChI is InChI=1S/C15H17ClN2O2/c1-4-18-15(19)14(16)13(9-17-18)20-11(3)12-7-5-10(2)6-8-12/h5-9,11H,4H2,1-3H3. The molecule has 5 heteroatoms. The van der Waals surface area contributed by atoms with Gasteiger partial charge in [0.15, 0.2) is 10.8 Å². The van der Waals surface area contributed by atoms with Crippen LogP contribution in [0.15, 0.2) is 35.3 Å². The molecule has 0 aliphatic rings. The Morgan fingerprint density at radius 2 is 2.00 bits per heavy atom. The zero-order valence-electron chi connectivity index (χ0n) is 11.8. The zero-order chi connectivity index (χ0) is 14.7. The lowest BCUT2D eigenvalue weighted by Crippen LogP contribution is -2.23. The van der Waals surface area contributed by atoms with Gasteiger partial charge in [0.1, 0.15) is 6.10 Å². The third kappa shape index (κ3) is 3.02. The summed E-state index contributed by atoms with van der Waals surface area (Å²) in [4.78, 5) is 11.9. The normalized spacial score (nSPS) is 12.2. The molecule has 0 aliphatic heterocycles. The van der Waals surface area contributed by atoms with Crippen LogP contribution in [0.25, 0.3) is 0 Å². The van der Waals surface area contributed by atoms with Crippen LogP contribution in [0, 0.1) is 6.92 Å². The maximum atomic E-state index is 11.9. The van der Waals surface area contributed by atoms with E-state index >= 15 is 0 Å². The second kappa shape index (κ2) is 6.09. The second-order valence-electron chi connectivity index (χ2n) is 4.61. The molecule has 0 radical (unpaired) electrons. The van der Waals surface area contributed by atoms with Crippen molar-refractivity contribution in [1.82, 2.24) is 9.78 Å². The Balaban J connectivity index is 2.24. The smallest absolute Gasteiger partial charge is 0.289 e. The predicted molar refractivity (Wildman–Crippen MR) is 79.4 cm³/mol. The molecule has 2 aromatic rings. The molecule has 4 nitrogen and oxygen atoms in total. The van der Waals surface area contributed by atoms with Crippen LogP contribution in [-0.4, -0.2) is 9.78 Å². The van der Waals surface area contributed by atoms with Gasteiger partial charge in [0.05, 0.1) is 6.20 Å². The van der Waals surface area contributed by atoms with Gasteiger partial charge in [-0.15, -0.1) is 0 Å². The summed E-state index contributed by atoms with van der Waals surface area (Å²) in [7, 11) is 0. The molecule has 0 bridgehead atoms. The van der Waals surface area contributed by atoms with E-state index in [1.165, 1.54) is 16.4 Å².